The van der Waals surface area contributed by atoms with Gasteiger partial charge in [-0.3, -0.25) is 4.79 Å². The molecule has 0 amide bonds. The summed E-state index contributed by atoms with van der Waals surface area (Å²) in [6.45, 7) is 5.93. The lowest BCUT2D eigenvalue weighted by Gasteiger charge is -2.27. The zero-order chi connectivity index (χ0) is 18.8. The first kappa shape index (κ1) is 18.0. The number of aryl methyl sites for hydroxylation is 1. The van der Waals surface area contributed by atoms with E-state index >= 15 is 0 Å². The maximum atomic E-state index is 12.7. The van der Waals surface area contributed by atoms with Gasteiger partial charge in [0.25, 0.3) is 5.56 Å². The van der Waals surface area contributed by atoms with Crippen LogP contribution >= 0.6 is 11.6 Å². The van der Waals surface area contributed by atoms with Crippen molar-refractivity contribution in [2.24, 2.45) is 0 Å². The van der Waals surface area contributed by atoms with Crippen LogP contribution in [0.4, 0.5) is 5.82 Å². The van der Waals surface area contributed by atoms with Crippen molar-refractivity contribution < 1.29 is 4.74 Å². The predicted octanol–water partition coefficient (Wildman–Crippen LogP) is 3.96. The summed E-state index contributed by atoms with van der Waals surface area (Å²) in [5.74, 6) is 0.955. The monoisotopic (exact) mass is 383 g/mol. The van der Waals surface area contributed by atoms with Crippen LogP contribution in [0.3, 0.4) is 0 Å². The summed E-state index contributed by atoms with van der Waals surface area (Å²) in [6, 6.07) is 9.89. The molecule has 0 N–H and O–H groups in total. The lowest BCUT2D eigenvalue weighted by molar-refractivity contribution is 0.122. The number of morpholine rings is 1. The van der Waals surface area contributed by atoms with E-state index in [1.54, 1.807) is 4.57 Å². The Morgan fingerprint density at radius 3 is 2.67 bits per heavy atom. The molecule has 6 heteroatoms. The van der Waals surface area contributed by atoms with E-state index in [-0.39, 0.29) is 5.56 Å². The number of pyridine rings is 2. The molecule has 27 heavy (non-hydrogen) atoms. The molecule has 140 valence electrons. The molecule has 0 saturated carbocycles. The molecule has 4 rings (SSSR count). The SMILES string of the molecule is CCCn1ccc2cc(-c3ccc(N4CCOCC4)nc3)cc(Cl)c2c1=O. The van der Waals surface area contributed by atoms with E-state index in [1.165, 1.54) is 0 Å². The highest BCUT2D eigenvalue weighted by molar-refractivity contribution is 6.35. The molecule has 2 aromatic heterocycles. The molecule has 0 radical (unpaired) electrons. The number of ether oxygens (including phenoxy) is 1. The highest BCUT2D eigenvalue weighted by Gasteiger charge is 2.13. The maximum Gasteiger partial charge on any atom is 0.259 e. The van der Waals surface area contributed by atoms with Gasteiger partial charge in [-0.05, 0) is 47.7 Å². The summed E-state index contributed by atoms with van der Waals surface area (Å²) in [7, 11) is 0. The largest absolute Gasteiger partial charge is 0.378 e. The summed E-state index contributed by atoms with van der Waals surface area (Å²) in [6.07, 6.45) is 4.61. The molecule has 1 saturated heterocycles. The molecule has 0 atom stereocenters. The lowest BCUT2D eigenvalue weighted by Crippen LogP contribution is -2.36. The highest BCUT2D eigenvalue weighted by atomic mass is 35.5. The number of hydrogen-bond acceptors (Lipinski definition) is 4. The number of fused-ring (bicyclic) bond motifs is 1. The molecule has 1 aliphatic rings. The Kier molecular flexibility index (Phi) is 5.14. The second-order valence-electron chi connectivity index (χ2n) is 6.74. The number of aromatic nitrogens is 2. The Labute approximate surface area is 163 Å². The summed E-state index contributed by atoms with van der Waals surface area (Å²) in [5.41, 5.74) is 1.90. The number of hydrogen-bond donors (Lipinski definition) is 0. The van der Waals surface area contributed by atoms with Gasteiger partial charge in [0, 0.05) is 37.6 Å². The molecular weight excluding hydrogens is 362 g/mol. The van der Waals surface area contributed by atoms with Crippen LogP contribution in [-0.2, 0) is 11.3 Å². The minimum atomic E-state index is -0.0355. The molecule has 1 aromatic carbocycles. The molecule has 0 bridgehead atoms. The molecular formula is C21H22ClN3O2. The van der Waals surface area contributed by atoms with Gasteiger partial charge < -0.3 is 14.2 Å². The van der Waals surface area contributed by atoms with Crippen LogP contribution < -0.4 is 10.5 Å². The fourth-order valence-corrected chi connectivity index (χ4v) is 3.79. The fraction of sp³-hybridized carbons (Fsp3) is 0.333. The van der Waals surface area contributed by atoms with Gasteiger partial charge >= 0.3 is 0 Å². The van der Waals surface area contributed by atoms with Gasteiger partial charge in [0.15, 0.2) is 0 Å². The maximum absolute atomic E-state index is 12.7. The van der Waals surface area contributed by atoms with E-state index in [1.807, 2.05) is 42.7 Å². The number of nitrogens with zero attached hydrogens (tertiary/aromatic N) is 3. The van der Waals surface area contributed by atoms with Crippen LogP contribution in [0.5, 0.6) is 0 Å². The van der Waals surface area contributed by atoms with Gasteiger partial charge in [0.1, 0.15) is 5.82 Å². The van der Waals surface area contributed by atoms with Crippen LogP contribution in [0.1, 0.15) is 13.3 Å². The summed E-state index contributed by atoms with van der Waals surface area (Å²) in [5, 5.41) is 1.91. The van der Waals surface area contributed by atoms with Crippen molar-refractivity contribution >= 4 is 28.2 Å². The number of rotatable bonds is 4. The molecule has 5 nitrogen and oxygen atoms in total. The van der Waals surface area contributed by atoms with Crippen molar-refractivity contribution in [3.63, 3.8) is 0 Å². The standard InChI is InChI=1S/C21H22ClN3O2/c1-2-6-25-7-5-15-12-17(13-18(22)20(15)21(25)26)16-3-4-19(23-14-16)24-8-10-27-11-9-24/h3-5,7,12-14H,2,6,8-11H2,1H3. The van der Waals surface area contributed by atoms with Crippen molar-refractivity contribution in [1.29, 1.82) is 0 Å². The Bertz CT molecular complexity index is 1010. The molecule has 0 unspecified atom stereocenters. The van der Waals surface area contributed by atoms with Crippen LogP contribution in [0.2, 0.25) is 5.02 Å². The van der Waals surface area contributed by atoms with E-state index in [9.17, 15) is 4.79 Å². The van der Waals surface area contributed by atoms with E-state index in [4.69, 9.17) is 16.3 Å². The Hall–Kier alpha value is -2.37. The van der Waals surface area contributed by atoms with Crippen LogP contribution in [-0.4, -0.2) is 35.9 Å². The lowest BCUT2D eigenvalue weighted by atomic mass is 10.0. The third kappa shape index (κ3) is 3.57. The quantitative estimate of drug-likeness (QED) is 0.684. The van der Waals surface area contributed by atoms with Crippen molar-refractivity contribution in [3.05, 3.63) is 58.1 Å². The minimum Gasteiger partial charge on any atom is -0.378 e. The van der Waals surface area contributed by atoms with E-state index in [2.05, 4.69) is 16.8 Å². The van der Waals surface area contributed by atoms with Crippen molar-refractivity contribution in [2.75, 3.05) is 31.2 Å². The zero-order valence-corrected chi connectivity index (χ0v) is 16.1. The molecule has 1 fully saturated rings. The number of anilines is 1. The Morgan fingerprint density at radius 1 is 1.15 bits per heavy atom. The smallest absolute Gasteiger partial charge is 0.259 e. The average molecular weight is 384 g/mol. The van der Waals surface area contributed by atoms with Crippen LogP contribution in [0, 0.1) is 0 Å². The van der Waals surface area contributed by atoms with E-state index < -0.39 is 0 Å². The van der Waals surface area contributed by atoms with E-state index in [0.717, 1.165) is 55.1 Å². The van der Waals surface area contributed by atoms with Gasteiger partial charge in [-0.1, -0.05) is 18.5 Å². The minimum absolute atomic E-state index is 0.0355. The first-order valence-electron chi connectivity index (χ1n) is 9.29. The average Bonchev–Trinajstić information content (AvgIpc) is 2.71. The Balaban J connectivity index is 1.69. The number of halogens is 1. The topological polar surface area (TPSA) is 47.4 Å². The fourth-order valence-electron chi connectivity index (χ4n) is 3.49. The van der Waals surface area contributed by atoms with Crippen LogP contribution in [0.15, 0.2) is 47.5 Å². The van der Waals surface area contributed by atoms with Gasteiger partial charge in [0.05, 0.1) is 23.6 Å². The summed E-state index contributed by atoms with van der Waals surface area (Å²) < 4.78 is 7.11. The second kappa shape index (κ2) is 7.71. The molecule has 0 aliphatic carbocycles. The van der Waals surface area contributed by atoms with Crippen molar-refractivity contribution in [3.8, 4) is 11.1 Å². The van der Waals surface area contributed by atoms with Crippen molar-refractivity contribution in [2.45, 2.75) is 19.9 Å². The molecule has 3 aromatic rings. The molecule has 0 spiro atoms. The third-order valence-corrected chi connectivity index (χ3v) is 5.21. The first-order valence-corrected chi connectivity index (χ1v) is 9.67. The number of benzene rings is 1. The molecule has 3 heterocycles. The first-order chi connectivity index (χ1) is 13.2. The van der Waals surface area contributed by atoms with Crippen LogP contribution in [0.25, 0.3) is 21.9 Å². The second-order valence-corrected chi connectivity index (χ2v) is 7.15. The van der Waals surface area contributed by atoms with Gasteiger partial charge in [-0.25, -0.2) is 4.98 Å². The Morgan fingerprint density at radius 2 is 1.96 bits per heavy atom. The predicted molar refractivity (Wildman–Crippen MR) is 110 cm³/mol. The van der Waals surface area contributed by atoms with Gasteiger partial charge in [-0.2, -0.15) is 0 Å². The van der Waals surface area contributed by atoms with Crippen molar-refractivity contribution in [1.82, 2.24) is 9.55 Å². The van der Waals surface area contributed by atoms with Gasteiger partial charge in [0.2, 0.25) is 0 Å². The summed E-state index contributed by atoms with van der Waals surface area (Å²) in [4.78, 5) is 19.5. The zero-order valence-electron chi connectivity index (χ0n) is 15.3. The normalized spacial score (nSPS) is 14.7. The van der Waals surface area contributed by atoms with Gasteiger partial charge in [-0.15, -0.1) is 0 Å². The highest BCUT2D eigenvalue weighted by Crippen LogP contribution is 2.29. The summed E-state index contributed by atoms with van der Waals surface area (Å²) >= 11 is 6.49. The molecule has 1 aliphatic heterocycles. The van der Waals surface area contributed by atoms with E-state index in [0.29, 0.717) is 17.0 Å². The third-order valence-electron chi connectivity index (χ3n) is 4.91.